The fraction of sp³-hybridized carbons (Fsp3) is 0.472. The van der Waals surface area contributed by atoms with Gasteiger partial charge in [0.1, 0.15) is 12.1 Å². The Kier molecular flexibility index (Phi) is 20.2. The predicted molar refractivity (Wildman–Crippen MR) is 260 cm³/mol. The van der Waals surface area contributed by atoms with E-state index in [0.717, 1.165) is 52.8 Å². The van der Waals surface area contributed by atoms with Gasteiger partial charge in [0.25, 0.3) is 0 Å². The number of hydrogen-bond donors (Lipinski definition) is 2. The number of aliphatic carboxylic acids is 2. The first-order valence-electron chi connectivity index (χ1n) is 23.1. The second kappa shape index (κ2) is 24.9. The molecule has 0 aromatic heterocycles. The van der Waals surface area contributed by atoms with Gasteiger partial charge in [0.05, 0.1) is 111 Å². The second-order valence-electron chi connectivity index (χ2n) is 18.1. The van der Waals surface area contributed by atoms with Crippen LogP contribution in [0.1, 0.15) is 71.1 Å². The van der Waals surface area contributed by atoms with Crippen LogP contribution in [-0.2, 0) is 28.9 Å². The van der Waals surface area contributed by atoms with Gasteiger partial charge in [0.15, 0.2) is 46.0 Å². The molecule has 2 N–H and O–H groups in total. The van der Waals surface area contributed by atoms with Crippen LogP contribution >= 0.6 is 0 Å². The van der Waals surface area contributed by atoms with Crippen molar-refractivity contribution >= 4 is 11.9 Å². The Morgan fingerprint density at radius 3 is 1.27 bits per heavy atom. The molecule has 2 heterocycles. The summed E-state index contributed by atoms with van der Waals surface area (Å²) in [6.07, 6.45) is 3.03. The van der Waals surface area contributed by atoms with Crippen molar-refractivity contribution in [2.45, 2.75) is 57.0 Å². The molecule has 6 rings (SSSR count). The van der Waals surface area contributed by atoms with E-state index in [9.17, 15) is 19.8 Å². The third-order valence-electron chi connectivity index (χ3n) is 14.3. The van der Waals surface area contributed by atoms with Crippen molar-refractivity contribution in [3.05, 3.63) is 93.1 Å². The minimum Gasteiger partial charge on any atom is -1.00 e. The van der Waals surface area contributed by atoms with E-state index in [1.165, 1.54) is 0 Å². The molecule has 4 aromatic rings. The second-order valence-corrected chi connectivity index (χ2v) is 18.1. The fourth-order valence-electron chi connectivity index (χ4n) is 10.7. The number of likely N-dealkylation sites (N-methyl/N-ethyl adjacent to an activating group) is 2. The van der Waals surface area contributed by atoms with Crippen LogP contribution in [-0.4, -0.2) is 142 Å². The summed E-state index contributed by atoms with van der Waals surface area (Å²) in [5.74, 6) is 3.07. The van der Waals surface area contributed by atoms with Crippen molar-refractivity contribution in [1.82, 2.24) is 0 Å². The standard InChI is InChI=1S/C53H68N2O14.2ClH/c1-54(21-17-33-26-41(60-3)43(62-5)30-38(33)40(54)23-32-24-45(64-7)50(68-11)46(25-32)65-8)19-13-15-36(52(56)57)37(53(58)59)16-14-20-55(2)22-18-34-27-42(61-4)44(63-6)31-39(34)49(55)35-28-47(66-9)51(69-12)48(29-35)67-10;;/h24-31,40,49H,13-23H2,1-12H3;2*1H/t40-,49-,54+,55+;;/m1../s1. The average molecular weight is 1030 g/mol. The zero-order chi connectivity index (χ0) is 50.2. The topological polar surface area (TPSA) is 167 Å². The summed E-state index contributed by atoms with van der Waals surface area (Å²) in [6, 6.07) is 15.5. The number of quaternary nitrogens is 2. The number of benzene rings is 4. The molecule has 2 aliphatic heterocycles. The van der Waals surface area contributed by atoms with E-state index in [0.29, 0.717) is 105 Å². The summed E-state index contributed by atoms with van der Waals surface area (Å²) < 4.78 is 58.3. The van der Waals surface area contributed by atoms with Gasteiger partial charge in [-0.15, -0.1) is 0 Å². The van der Waals surface area contributed by atoms with Gasteiger partial charge >= 0.3 is 11.9 Å². The summed E-state index contributed by atoms with van der Waals surface area (Å²) in [6.45, 7) is 2.56. The molecule has 4 atom stereocenters. The number of hydrogen-bond acceptors (Lipinski definition) is 12. The molecule has 0 aliphatic carbocycles. The largest absolute Gasteiger partial charge is 1.00 e. The zero-order valence-corrected chi connectivity index (χ0v) is 44.5. The molecule has 0 saturated carbocycles. The SMILES string of the molecule is COc1cc2c(cc1OC)[C@@H](c1cc(OC)c(OC)c(OC)c1)[N@@+](C)(CCCC(C(=O)O)=C(CCC[N@@+]1(C)CCc3cc(OC)c(OC)cc3[C@H]1Cc1cc(OC)c(OC)c(OC)c1)C(=O)O)CC2.[Cl-].[Cl-]. The molecule has 71 heavy (non-hydrogen) atoms. The minimum atomic E-state index is -1.23. The van der Waals surface area contributed by atoms with Crippen molar-refractivity contribution in [2.75, 3.05) is 111 Å². The Labute approximate surface area is 430 Å². The first-order chi connectivity index (χ1) is 33.1. The van der Waals surface area contributed by atoms with E-state index in [1.54, 1.807) is 71.1 Å². The molecule has 0 radical (unpaired) electrons. The van der Waals surface area contributed by atoms with E-state index in [2.05, 4.69) is 14.1 Å². The normalized spacial score (nSPS) is 19.2. The maximum absolute atomic E-state index is 13.1. The number of carboxylic acid groups (broad SMARTS) is 2. The lowest BCUT2D eigenvalue weighted by Gasteiger charge is -2.46. The quantitative estimate of drug-likeness (QED) is 0.0818. The molecule has 18 heteroatoms. The van der Waals surface area contributed by atoms with Crippen molar-refractivity contribution in [2.24, 2.45) is 0 Å². The molecule has 0 bridgehead atoms. The summed E-state index contributed by atoms with van der Waals surface area (Å²) in [5.41, 5.74) is 6.05. The number of ether oxygens (including phenoxy) is 10. The van der Waals surface area contributed by atoms with Gasteiger partial charge in [-0.25, -0.2) is 9.59 Å². The van der Waals surface area contributed by atoms with Crippen molar-refractivity contribution < 1.29 is 101 Å². The first kappa shape index (κ1) is 57.6. The van der Waals surface area contributed by atoms with Crippen LogP contribution in [0.2, 0.25) is 0 Å². The highest BCUT2D eigenvalue weighted by Gasteiger charge is 2.43. The Balaban J connectivity index is 0.00000548. The van der Waals surface area contributed by atoms with E-state index in [4.69, 9.17) is 47.4 Å². The van der Waals surface area contributed by atoms with Gasteiger partial charge in [0, 0.05) is 59.9 Å². The van der Waals surface area contributed by atoms with Crippen LogP contribution in [0.4, 0.5) is 0 Å². The lowest BCUT2D eigenvalue weighted by atomic mass is 9.85. The maximum Gasteiger partial charge on any atom is 0.332 e. The minimum absolute atomic E-state index is 0. The van der Waals surface area contributed by atoms with Crippen LogP contribution in [0.5, 0.6) is 57.5 Å². The highest BCUT2D eigenvalue weighted by Crippen LogP contribution is 2.49. The predicted octanol–water partition coefficient (Wildman–Crippen LogP) is 1.89. The molecular weight excluding hydrogens is 959 g/mol. The summed E-state index contributed by atoms with van der Waals surface area (Å²) in [7, 11) is 20.3. The van der Waals surface area contributed by atoms with Gasteiger partial charge < -0.3 is 91.4 Å². The maximum atomic E-state index is 13.1. The van der Waals surface area contributed by atoms with E-state index >= 15 is 0 Å². The first-order valence-corrected chi connectivity index (χ1v) is 23.1. The van der Waals surface area contributed by atoms with E-state index in [1.807, 2.05) is 48.5 Å². The molecule has 0 unspecified atom stereocenters. The summed E-state index contributed by atoms with van der Waals surface area (Å²) in [4.78, 5) is 26.2. The molecule has 16 nitrogen and oxygen atoms in total. The highest BCUT2D eigenvalue weighted by molar-refractivity contribution is 5.98. The summed E-state index contributed by atoms with van der Waals surface area (Å²) in [5, 5.41) is 21.4. The van der Waals surface area contributed by atoms with Crippen LogP contribution < -0.4 is 72.2 Å². The number of carbonyl (C=O) groups is 2. The lowest BCUT2D eigenvalue weighted by molar-refractivity contribution is -0.941. The highest BCUT2D eigenvalue weighted by atomic mass is 35.5. The van der Waals surface area contributed by atoms with Gasteiger partial charge in [-0.1, -0.05) is 0 Å². The number of rotatable bonds is 23. The van der Waals surface area contributed by atoms with Gasteiger partial charge in [-0.05, 0) is 78.1 Å². The molecule has 2 aliphatic rings. The molecule has 0 saturated heterocycles. The third kappa shape index (κ3) is 11.9. The number of halogens is 2. The molecule has 0 spiro atoms. The number of nitrogens with zero attached hydrogens (tertiary/aromatic N) is 2. The number of fused-ring (bicyclic) bond motifs is 2. The van der Waals surface area contributed by atoms with Crippen molar-refractivity contribution in [3.8, 4) is 57.5 Å². The Morgan fingerprint density at radius 1 is 0.493 bits per heavy atom. The van der Waals surface area contributed by atoms with Crippen molar-refractivity contribution in [1.29, 1.82) is 0 Å². The monoisotopic (exact) mass is 1030 g/mol. The van der Waals surface area contributed by atoms with Crippen LogP contribution in [0.25, 0.3) is 0 Å². The van der Waals surface area contributed by atoms with Gasteiger partial charge in [-0.3, -0.25) is 0 Å². The Hall–Kier alpha value is -5.94. The van der Waals surface area contributed by atoms with Gasteiger partial charge in [0.2, 0.25) is 11.5 Å². The molecule has 0 fully saturated rings. The molecule has 390 valence electrons. The molecule has 4 aromatic carbocycles. The van der Waals surface area contributed by atoms with Crippen LogP contribution in [0, 0.1) is 0 Å². The molecule has 0 amide bonds. The van der Waals surface area contributed by atoms with Crippen LogP contribution in [0.3, 0.4) is 0 Å². The third-order valence-corrected chi connectivity index (χ3v) is 14.3. The molecular formula is C53H70Cl2N2O14. The zero-order valence-electron chi connectivity index (χ0n) is 43.0. The fourth-order valence-corrected chi connectivity index (χ4v) is 10.7. The number of carboxylic acids is 2. The Bertz CT molecular complexity index is 2500. The lowest BCUT2D eigenvalue weighted by Crippen LogP contribution is -3.00. The van der Waals surface area contributed by atoms with E-state index in [-0.39, 0.29) is 60.9 Å². The van der Waals surface area contributed by atoms with Gasteiger partial charge in [-0.2, -0.15) is 0 Å². The number of methoxy groups -OCH3 is 10. The van der Waals surface area contributed by atoms with E-state index < -0.39 is 11.9 Å². The van der Waals surface area contributed by atoms with Crippen molar-refractivity contribution in [3.63, 3.8) is 0 Å². The average Bonchev–Trinajstić information content (AvgIpc) is 3.35. The summed E-state index contributed by atoms with van der Waals surface area (Å²) >= 11 is 0. The van der Waals surface area contributed by atoms with Crippen LogP contribution in [0.15, 0.2) is 59.7 Å². The smallest absolute Gasteiger partial charge is 0.332 e. The Morgan fingerprint density at radius 2 is 0.859 bits per heavy atom.